The van der Waals surface area contributed by atoms with E-state index in [-0.39, 0.29) is 35.6 Å². The summed E-state index contributed by atoms with van der Waals surface area (Å²) in [7, 11) is 0. The predicted octanol–water partition coefficient (Wildman–Crippen LogP) is 4.67. The van der Waals surface area contributed by atoms with Crippen LogP contribution in [0.4, 0.5) is 0 Å². The van der Waals surface area contributed by atoms with Gasteiger partial charge in [-0.15, -0.1) is 0 Å². The van der Waals surface area contributed by atoms with Crippen LogP contribution in [0.3, 0.4) is 0 Å². The van der Waals surface area contributed by atoms with Gasteiger partial charge in [0.25, 0.3) is 0 Å². The molecule has 0 aromatic carbocycles. The Hall–Kier alpha value is -1.32. The Bertz CT molecular complexity index is 464. The van der Waals surface area contributed by atoms with E-state index in [1.165, 1.54) is 11.1 Å². The van der Waals surface area contributed by atoms with Crippen molar-refractivity contribution in [2.75, 3.05) is 13.2 Å². The summed E-state index contributed by atoms with van der Waals surface area (Å²) in [5.74, 6) is -0.743. The van der Waals surface area contributed by atoms with Gasteiger partial charge in [-0.05, 0) is 43.9 Å². The number of carbonyl (C=O) groups excluding carboxylic acids is 2. The zero-order valence-electron chi connectivity index (χ0n) is 16.3. The molecule has 1 saturated carbocycles. The lowest BCUT2D eigenvalue weighted by atomic mass is 9.74. The van der Waals surface area contributed by atoms with E-state index in [2.05, 4.69) is 27.7 Å². The first kappa shape index (κ1) is 20.0. The predicted molar refractivity (Wildman–Crippen MR) is 97.9 cm³/mol. The molecule has 142 valence electrons. The second-order valence-corrected chi connectivity index (χ2v) is 7.30. The quantitative estimate of drug-likeness (QED) is 0.326. The maximum Gasteiger partial charge on any atom is 0.310 e. The molecule has 0 aromatic rings. The lowest BCUT2D eigenvalue weighted by Crippen LogP contribution is -2.38. The minimum atomic E-state index is -0.346. The van der Waals surface area contributed by atoms with Gasteiger partial charge in [-0.2, -0.15) is 0 Å². The van der Waals surface area contributed by atoms with Crippen LogP contribution in [-0.4, -0.2) is 25.2 Å². The first-order chi connectivity index (χ1) is 12.1. The normalized spacial score (nSPS) is 27.7. The molecule has 1 fully saturated rings. The van der Waals surface area contributed by atoms with Crippen LogP contribution in [0.25, 0.3) is 0 Å². The van der Waals surface area contributed by atoms with Gasteiger partial charge in [0.15, 0.2) is 0 Å². The maximum absolute atomic E-state index is 12.8. The van der Waals surface area contributed by atoms with Crippen molar-refractivity contribution in [3.63, 3.8) is 0 Å². The number of unbranched alkanes of at least 4 members (excludes halogenated alkanes) is 2. The van der Waals surface area contributed by atoms with Gasteiger partial charge in [-0.3, -0.25) is 9.59 Å². The minimum Gasteiger partial charge on any atom is -0.465 e. The van der Waals surface area contributed by atoms with Crippen LogP contribution in [0.15, 0.2) is 11.1 Å². The van der Waals surface area contributed by atoms with Gasteiger partial charge >= 0.3 is 11.9 Å². The minimum absolute atomic E-state index is 0.169. The molecule has 0 spiro atoms. The van der Waals surface area contributed by atoms with E-state index in [0.717, 1.165) is 44.9 Å². The van der Waals surface area contributed by atoms with Crippen molar-refractivity contribution in [3.05, 3.63) is 11.1 Å². The van der Waals surface area contributed by atoms with Crippen molar-refractivity contribution in [2.45, 2.75) is 72.6 Å². The summed E-state index contributed by atoms with van der Waals surface area (Å²) in [5.41, 5.74) is 2.78. The molecule has 0 amide bonds. The highest BCUT2D eigenvalue weighted by atomic mass is 16.5. The van der Waals surface area contributed by atoms with E-state index in [9.17, 15) is 9.59 Å². The van der Waals surface area contributed by atoms with Crippen LogP contribution in [0.1, 0.15) is 72.6 Å². The summed E-state index contributed by atoms with van der Waals surface area (Å²) in [5, 5.41) is 0. The second-order valence-electron chi connectivity index (χ2n) is 7.30. The molecule has 0 aliphatic heterocycles. The lowest BCUT2D eigenvalue weighted by Gasteiger charge is -2.31. The number of esters is 2. The molecular weight excluding hydrogens is 316 g/mol. The van der Waals surface area contributed by atoms with E-state index < -0.39 is 0 Å². The molecule has 2 aliphatic rings. The van der Waals surface area contributed by atoms with E-state index in [4.69, 9.17) is 9.47 Å². The highest BCUT2D eigenvalue weighted by Crippen LogP contribution is 2.57. The van der Waals surface area contributed by atoms with Gasteiger partial charge in [0.2, 0.25) is 0 Å². The summed E-state index contributed by atoms with van der Waals surface area (Å²) in [4.78, 5) is 25.5. The van der Waals surface area contributed by atoms with Crippen molar-refractivity contribution < 1.29 is 19.1 Å². The van der Waals surface area contributed by atoms with E-state index >= 15 is 0 Å². The summed E-state index contributed by atoms with van der Waals surface area (Å²) >= 11 is 0. The smallest absolute Gasteiger partial charge is 0.310 e. The summed E-state index contributed by atoms with van der Waals surface area (Å²) < 4.78 is 11.0. The Balaban J connectivity index is 2.19. The summed E-state index contributed by atoms with van der Waals surface area (Å²) in [6.07, 6.45) is 6.55. The summed E-state index contributed by atoms with van der Waals surface area (Å²) in [6.45, 7) is 9.36. The first-order valence-electron chi connectivity index (χ1n) is 10.2. The highest BCUT2D eigenvalue weighted by Gasteiger charge is 2.57. The molecule has 0 radical (unpaired) electrons. The maximum atomic E-state index is 12.8. The average Bonchev–Trinajstić information content (AvgIpc) is 3.16. The molecule has 4 unspecified atom stereocenters. The molecule has 25 heavy (non-hydrogen) atoms. The van der Waals surface area contributed by atoms with E-state index in [1.807, 2.05) is 0 Å². The number of allylic oxidation sites excluding steroid dienone is 2. The molecular formula is C21H34O4. The number of hydrogen-bond donors (Lipinski definition) is 0. The van der Waals surface area contributed by atoms with E-state index in [1.54, 1.807) is 0 Å². The Labute approximate surface area is 152 Å². The molecule has 2 rings (SSSR count). The third-order valence-electron chi connectivity index (χ3n) is 5.86. The number of fused-ring (bicyclic) bond motifs is 2. The molecule has 0 N–H and O–H groups in total. The number of hydrogen-bond acceptors (Lipinski definition) is 4. The van der Waals surface area contributed by atoms with Gasteiger partial charge < -0.3 is 9.47 Å². The third-order valence-corrected chi connectivity index (χ3v) is 5.86. The van der Waals surface area contributed by atoms with Gasteiger partial charge in [-0.1, -0.05) is 51.7 Å². The monoisotopic (exact) mass is 350 g/mol. The largest absolute Gasteiger partial charge is 0.465 e. The van der Waals surface area contributed by atoms with Gasteiger partial charge in [-0.25, -0.2) is 0 Å². The molecule has 2 aliphatic carbocycles. The summed E-state index contributed by atoms with van der Waals surface area (Å²) in [6, 6.07) is 0. The Morgan fingerprint density at radius 1 is 0.800 bits per heavy atom. The molecule has 0 saturated heterocycles. The van der Waals surface area contributed by atoms with Crippen LogP contribution in [0.2, 0.25) is 0 Å². The van der Waals surface area contributed by atoms with Crippen LogP contribution in [0, 0.1) is 23.7 Å². The molecule has 0 heterocycles. The van der Waals surface area contributed by atoms with Crippen LogP contribution >= 0.6 is 0 Å². The topological polar surface area (TPSA) is 52.6 Å². The number of ether oxygens (including phenoxy) is 2. The highest BCUT2D eigenvalue weighted by molar-refractivity contribution is 5.85. The van der Waals surface area contributed by atoms with Crippen LogP contribution in [0.5, 0.6) is 0 Å². The van der Waals surface area contributed by atoms with Gasteiger partial charge in [0, 0.05) is 0 Å². The molecule has 0 aromatic heterocycles. The standard InChI is InChI=1S/C21H34O4/c1-5-9-11-24-20(22)18-16-13-17(15(8-4)14(16)7-3)19(18)21(23)25-12-10-6-2/h16-19H,5-13H2,1-4H3. The van der Waals surface area contributed by atoms with Crippen molar-refractivity contribution in [1.82, 2.24) is 0 Å². The molecule has 2 bridgehead atoms. The van der Waals surface area contributed by atoms with Crippen molar-refractivity contribution in [3.8, 4) is 0 Å². The molecule has 4 atom stereocenters. The molecule has 4 heteroatoms. The third kappa shape index (κ3) is 4.09. The Kier molecular flexibility index (Phi) is 7.52. The van der Waals surface area contributed by atoms with Crippen molar-refractivity contribution >= 4 is 11.9 Å². The van der Waals surface area contributed by atoms with Crippen molar-refractivity contribution in [2.24, 2.45) is 23.7 Å². The van der Waals surface area contributed by atoms with Crippen molar-refractivity contribution in [1.29, 1.82) is 0 Å². The van der Waals surface area contributed by atoms with Crippen LogP contribution in [-0.2, 0) is 19.1 Å². The molecule has 4 nitrogen and oxygen atoms in total. The number of rotatable bonds is 10. The average molecular weight is 350 g/mol. The SMILES string of the molecule is CCCCOC(=O)C1C2CC(C(CC)=C2CC)C1C(=O)OCCCC. The fraction of sp³-hybridized carbons (Fsp3) is 0.810. The zero-order valence-corrected chi connectivity index (χ0v) is 16.3. The Morgan fingerprint density at radius 3 is 1.52 bits per heavy atom. The van der Waals surface area contributed by atoms with Crippen LogP contribution < -0.4 is 0 Å². The zero-order chi connectivity index (χ0) is 18.4. The number of carbonyl (C=O) groups is 2. The van der Waals surface area contributed by atoms with E-state index in [0.29, 0.717) is 13.2 Å². The van der Waals surface area contributed by atoms with Gasteiger partial charge in [0.05, 0.1) is 25.0 Å². The Morgan fingerprint density at radius 2 is 1.20 bits per heavy atom. The fourth-order valence-corrected chi connectivity index (χ4v) is 4.69. The van der Waals surface area contributed by atoms with Gasteiger partial charge in [0.1, 0.15) is 0 Å². The second kappa shape index (κ2) is 9.40. The fourth-order valence-electron chi connectivity index (χ4n) is 4.69. The lowest BCUT2D eigenvalue weighted by molar-refractivity contribution is -0.162. The first-order valence-corrected chi connectivity index (χ1v) is 10.2.